The fraction of sp³-hybridized carbons (Fsp3) is 0.500. The van der Waals surface area contributed by atoms with Crippen LogP contribution in [0.4, 0.5) is 10.2 Å². The number of halogens is 1. The minimum absolute atomic E-state index is 0.0518. The van der Waals surface area contributed by atoms with E-state index < -0.39 is 5.67 Å². The first-order valence-electron chi connectivity index (χ1n) is 7.25. The quantitative estimate of drug-likeness (QED) is 0.791. The van der Waals surface area contributed by atoms with E-state index in [9.17, 15) is 9.18 Å². The lowest BCUT2D eigenvalue weighted by Crippen LogP contribution is -2.27. The number of amides is 1. The van der Waals surface area contributed by atoms with Gasteiger partial charge in [0.2, 0.25) is 0 Å². The number of carbonyl (C=O) groups excluding carboxylic acids is 1. The van der Waals surface area contributed by atoms with Gasteiger partial charge >= 0.3 is 0 Å². The van der Waals surface area contributed by atoms with E-state index in [2.05, 4.69) is 4.98 Å². The Morgan fingerprint density at radius 1 is 1.65 bits per heavy atom. The highest BCUT2D eigenvalue weighted by Gasteiger charge is 2.52. The normalized spacial score (nSPS) is 27.9. The number of hydrogen-bond donors (Lipinski definition) is 0. The molecule has 0 spiro atoms. The van der Waals surface area contributed by atoms with Crippen molar-refractivity contribution in [2.45, 2.75) is 38.3 Å². The Hall–Kier alpha value is -1.71. The third kappa shape index (κ3) is 2.35. The molecule has 3 nitrogen and oxygen atoms in total. The third-order valence-corrected chi connectivity index (χ3v) is 4.42. The Labute approximate surface area is 118 Å². The largest absolute Gasteiger partial charge is 0.293 e. The van der Waals surface area contributed by atoms with Crippen LogP contribution in [0.5, 0.6) is 0 Å². The predicted molar refractivity (Wildman–Crippen MR) is 76.3 cm³/mol. The first-order valence-corrected chi connectivity index (χ1v) is 7.25. The lowest BCUT2D eigenvalue weighted by Gasteiger charge is -2.13. The number of pyridine rings is 1. The first kappa shape index (κ1) is 13.3. The second-order valence-electron chi connectivity index (χ2n) is 5.65. The molecule has 2 atom stereocenters. The van der Waals surface area contributed by atoms with Gasteiger partial charge in [-0.25, -0.2) is 9.37 Å². The zero-order chi connectivity index (χ0) is 14.2. The molecule has 2 aliphatic rings. The summed E-state index contributed by atoms with van der Waals surface area (Å²) in [6.45, 7) is 2.56. The predicted octanol–water partition coefficient (Wildman–Crippen LogP) is 3.06. The molecular weight excluding hydrogens is 255 g/mol. The van der Waals surface area contributed by atoms with Crippen LogP contribution in [-0.2, 0) is 11.2 Å². The molecule has 1 aliphatic heterocycles. The molecule has 0 radical (unpaired) electrons. The maximum absolute atomic E-state index is 13.8. The van der Waals surface area contributed by atoms with Crippen molar-refractivity contribution in [3.05, 3.63) is 36.0 Å². The molecular formula is C16H19FN2O. The molecule has 2 unspecified atom stereocenters. The van der Waals surface area contributed by atoms with Crippen molar-refractivity contribution in [3.63, 3.8) is 0 Å². The molecule has 2 heterocycles. The van der Waals surface area contributed by atoms with Gasteiger partial charge in [-0.3, -0.25) is 9.69 Å². The van der Waals surface area contributed by atoms with E-state index in [4.69, 9.17) is 0 Å². The number of alkyl halides is 1. The van der Waals surface area contributed by atoms with E-state index in [-0.39, 0.29) is 11.8 Å². The number of nitrogens with zero attached hydrogens (tertiary/aromatic N) is 2. The van der Waals surface area contributed by atoms with Crippen LogP contribution in [0.25, 0.3) is 0 Å². The zero-order valence-corrected chi connectivity index (χ0v) is 11.7. The molecule has 20 heavy (non-hydrogen) atoms. The van der Waals surface area contributed by atoms with Gasteiger partial charge < -0.3 is 0 Å². The molecule has 1 amide bonds. The maximum Gasteiger partial charge on any atom is 0.251 e. The van der Waals surface area contributed by atoms with Crippen LogP contribution in [0.2, 0.25) is 0 Å². The second kappa shape index (κ2) is 5.00. The van der Waals surface area contributed by atoms with E-state index in [0.717, 1.165) is 17.8 Å². The number of fused-ring (bicyclic) bond motifs is 1. The summed E-state index contributed by atoms with van der Waals surface area (Å²) in [5.41, 5.74) is 0.139. The Bertz CT molecular complexity index is 557. The smallest absolute Gasteiger partial charge is 0.251 e. The van der Waals surface area contributed by atoms with Gasteiger partial charge in [-0.2, -0.15) is 0 Å². The summed E-state index contributed by atoms with van der Waals surface area (Å²) in [5, 5.41) is 0. The average molecular weight is 274 g/mol. The van der Waals surface area contributed by atoms with E-state index in [1.807, 2.05) is 25.1 Å². The number of hydrogen-bond acceptors (Lipinski definition) is 2. The van der Waals surface area contributed by atoms with Crippen molar-refractivity contribution in [2.75, 3.05) is 11.4 Å². The van der Waals surface area contributed by atoms with Gasteiger partial charge in [0.05, 0.1) is 0 Å². The minimum atomic E-state index is -0.977. The molecule has 1 aromatic heterocycles. The molecule has 0 bridgehead atoms. The van der Waals surface area contributed by atoms with Crippen LogP contribution in [-0.4, -0.2) is 23.1 Å². The van der Waals surface area contributed by atoms with Gasteiger partial charge in [-0.15, -0.1) is 0 Å². The zero-order valence-electron chi connectivity index (χ0n) is 11.7. The summed E-state index contributed by atoms with van der Waals surface area (Å²) in [4.78, 5) is 18.1. The highest BCUT2D eigenvalue weighted by Crippen LogP contribution is 2.51. The highest BCUT2D eigenvalue weighted by atomic mass is 19.1. The van der Waals surface area contributed by atoms with Crippen LogP contribution in [0, 0.1) is 5.92 Å². The first-order chi connectivity index (χ1) is 9.64. The van der Waals surface area contributed by atoms with Gasteiger partial charge in [0.15, 0.2) is 0 Å². The molecule has 106 valence electrons. The molecule has 0 N–H and O–H groups in total. The topological polar surface area (TPSA) is 33.2 Å². The third-order valence-electron chi connectivity index (χ3n) is 4.42. The number of carbonyl (C=O) groups is 1. The number of rotatable bonds is 4. The van der Waals surface area contributed by atoms with Crippen LogP contribution in [0.3, 0.4) is 0 Å². The van der Waals surface area contributed by atoms with Crippen molar-refractivity contribution in [3.8, 4) is 0 Å². The summed E-state index contributed by atoms with van der Waals surface area (Å²) < 4.78 is 13.8. The molecule has 1 saturated carbocycles. The fourth-order valence-electron chi connectivity index (χ4n) is 2.92. The summed E-state index contributed by atoms with van der Waals surface area (Å²) in [5.74, 6) is 0.812. The van der Waals surface area contributed by atoms with Crippen LogP contribution < -0.4 is 4.90 Å². The summed E-state index contributed by atoms with van der Waals surface area (Å²) in [6, 6.07) is 3.89. The highest BCUT2D eigenvalue weighted by molar-refractivity contribution is 6.02. The lowest BCUT2D eigenvalue weighted by molar-refractivity contribution is -0.114. The standard InChI is InChI=1S/C16H19FN2O/c1-2-16(17)11-13(16)6-3-7-14(20)19-10-8-12-5-4-9-18-15(12)19/h3-5,7,9,13H,2,6,8,10-11H2,1H3/b7-3+. The van der Waals surface area contributed by atoms with Gasteiger partial charge in [-0.1, -0.05) is 19.1 Å². The second-order valence-corrected chi connectivity index (χ2v) is 5.65. The molecule has 3 rings (SSSR count). The molecule has 0 saturated heterocycles. The van der Waals surface area contributed by atoms with E-state index in [1.54, 1.807) is 17.2 Å². The molecule has 1 aromatic rings. The van der Waals surface area contributed by atoms with Crippen molar-refractivity contribution in [2.24, 2.45) is 5.92 Å². The van der Waals surface area contributed by atoms with Gasteiger partial charge in [-0.05, 0) is 49.3 Å². The van der Waals surface area contributed by atoms with Crippen LogP contribution >= 0.6 is 0 Å². The number of aromatic nitrogens is 1. The van der Waals surface area contributed by atoms with Crippen LogP contribution in [0.1, 0.15) is 31.7 Å². The SMILES string of the molecule is CCC1(F)CC1C/C=C/C(=O)N1CCc2cccnc21. The van der Waals surface area contributed by atoms with Gasteiger partial charge in [0, 0.05) is 12.7 Å². The lowest BCUT2D eigenvalue weighted by atomic mass is 10.1. The number of anilines is 1. The monoisotopic (exact) mass is 274 g/mol. The van der Waals surface area contributed by atoms with Crippen molar-refractivity contribution < 1.29 is 9.18 Å². The molecule has 1 aliphatic carbocycles. The Balaban J connectivity index is 1.58. The van der Waals surface area contributed by atoms with Crippen LogP contribution in [0.15, 0.2) is 30.5 Å². The summed E-state index contributed by atoms with van der Waals surface area (Å²) in [7, 11) is 0. The van der Waals surface area contributed by atoms with Gasteiger partial charge in [0.1, 0.15) is 11.5 Å². The average Bonchev–Trinajstić information content (AvgIpc) is 2.94. The maximum atomic E-state index is 13.8. The van der Waals surface area contributed by atoms with E-state index >= 15 is 0 Å². The van der Waals surface area contributed by atoms with Crippen molar-refractivity contribution in [1.82, 2.24) is 4.98 Å². The van der Waals surface area contributed by atoms with E-state index in [1.165, 1.54) is 0 Å². The minimum Gasteiger partial charge on any atom is -0.293 e. The Morgan fingerprint density at radius 3 is 3.25 bits per heavy atom. The van der Waals surface area contributed by atoms with Gasteiger partial charge in [0.25, 0.3) is 5.91 Å². The molecule has 4 heteroatoms. The fourth-order valence-corrected chi connectivity index (χ4v) is 2.92. The van der Waals surface area contributed by atoms with Crippen molar-refractivity contribution in [1.29, 1.82) is 0 Å². The summed E-state index contributed by atoms with van der Waals surface area (Å²) >= 11 is 0. The summed E-state index contributed by atoms with van der Waals surface area (Å²) in [6.07, 6.45) is 7.80. The molecule has 1 fully saturated rings. The Morgan fingerprint density at radius 2 is 2.50 bits per heavy atom. The Kier molecular flexibility index (Phi) is 3.32. The molecule has 0 aromatic carbocycles. The van der Waals surface area contributed by atoms with E-state index in [0.29, 0.717) is 25.8 Å². The van der Waals surface area contributed by atoms with Crippen molar-refractivity contribution >= 4 is 11.7 Å². The number of allylic oxidation sites excluding steroid dienone is 1.